The average Bonchev–Trinajstić information content (AvgIpc) is 3.28. The van der Waals surface area contributed by atoms with E-state index >= 15 is 0 Å². The van der Waals surface area contributed by atoms with Gasteiger partial charge in [0.25, 0.3) is 0 Å². The highest BCUT2D eigenvalue weighted by molar-refractivity contribution is 6.76. The van der Waals surface area contributed by atoms with Crippen LogP contribution in [0.3, 0.4) is 0 Å². The van der Waals surface area contributed by atoms with Crippen LogP contribution >= 0.6 is 0 Å². The average molecular weight is 569 g/mol. The van der Waals surface area contributed by atoms with E-state index in [1.54, 1.807) is 30.3 Å². The zero-order valence-electron chi connectivity index (χ0n) is 22.1. The van der Waals surface area contributed by atoms with Crippen LogP contribution in [0.25, 0.3) is 11.0 Å². The molecule has 0 aliphatic rings. The normalized spacial score (nSPS) is 11.7. The quantitative estimate of drug-likeness (QED) is 0.165. The van der Waals surface area contributed by atoms with Crippen molar-refractivity contribution in [1.29, 1.82) is 5.26 Å². The standard InChI is InChI=1S/C28H27F3N4O4Si/c1-40(2,3)14-13-37-18-35-17-22(28(29,30)31)25-24(11-12-33-26(25)35)39-23-10-9-20(15-19(23)16-32)34-27(36)38-21-7-5-4-6-8-21/h4-12,15,17H,13-14,18H2,1-3H3,(H,34,36). The van der Waals surface area contributed by atoms with Gasteiger partial charge < -0.3 is 18.8 Å². The van der Waals surface area contributed by atoms with Crippen LogP contribution in [0.1, 0.15) is 11.1 Å². The summed E-state index contributed by atoms with van der Waals surface area (Å²) in [6.45, 7) is 6.88. The lowest BCUT2D eigenvalue weighted by molar-refractivity contribution is -0.136. The molecule has 1 amide bonds. The summed E-state index contributed by atoms with van der Waals surface area (Å²) in [5, 5.41) is 11.9. The van der Waals surface area contributed by atoms with E-state index in [-0.39, 0.29) is 40.5 Å². The van der Waals surface area contributed by atoms with Crippen LogP contribution in [0.5, 0.6) is 17.2 Å². The van der Waals surface area contributed by atoms with Gasteiger partial charge in [-0.1, -0.05) is 37.8 Å². The Morgan fingerprint density at radius 1 is 1.10 bits per heavy atom. The predicted octanol–water partition coefficient (Wildman–Crippen LogP) is 7.64. The number of hydrogen-bond acceptors (Lipinski definition) is 6. The molecule has 2 aromatic heterocycles. The first kappa shape index (κ1) is 28.7. The highest BCUT2D eigenvalue weighted by atomic mass is 28.3. The number of nitriles is 1. The van der Waals surface area contributed by atoms with Crippen molar-refractivity contribution in [3.63, 3.8) is 0 Å². The van der Waals surface area contributed by atoms with Crippen LogP contribution in [0.4, 0.5) is 23.7 Å². The zero-order chi connectivity index (χ0) is 28.9. The molecule has 208 valence electrons. The second-order valence-electron chi connectivity index (χ2n) is 10.1. The number of halogens is 3. The van der Waals surface area contributed by atoms with Gasteiger partial charge in [-0.2, -0.15) is 18.4 Å². The lowest BCUT2D eigenvalue weighted by Gasteiger charge is -2.15. The first-order valence-corrected chi connectivity index (χ1v) is 16.0. The van der Waals surface area contributed by atoms with Gasteiger partial charge in [0.15, 0.2) is 0 Å². The topological polar surface area (TPSA) is 98.4 Å². The zero-order valence-corrected chi connectivity index (χ0v) is 23.1. The van der Waals surface area contributed by atoms with Crippen LogP contribution in [-0.2, 0) is 17.6 Å². The number of hydrogen-bond donors (Lipinski definition) is 1. The number of ether oxygens (including phenoxy) is 3. The summed E-state index contributed by atoms with van der Waals surface area (Å²) in [6, 6.07) is 16.7. The van der Waals surface area contributed by atoms with E-state index in [2.05, 4.69) is 29.9 Å². The Labute approximate surface area is 229 Å². The van der Waals surface area contributed by atoms with Crippen LogP contribution in [0.2, 0.25) is 25.7 Å². The summed E-state index contributed by atoms with van der Waals surface area (Å²) >= 11 is 0. The van der Waals surface area contributed by atoms with Gasteiger partial charge in [-0.25, -0.2) is 9.78 Å². The summed E-state index contributed by atoms with van der Waals surface area (Å²) in [6.07, 6.45) is -3.18. The van der Waals surface area contributed by atoms with E-state index in [0.717, 1.165) is 12.2 Å². The smallest absolute Gasteiger partial charge is 0.418 e. The first-order chi connectivity index (χ1) is 18.9. The lowest BCUT2D eigenvalue weighted by Crippen LogP contribution is -2.22. The maximum Gasteiger partial charge on any atom is 0.418 e. The van der Waals surface area contributed by atoms with Crippen molar-refractivity contribution in [1.82, 2.24) is 9.55 Å². The Morgan fingerprint density at radius 3 is 2.52 bits per heavy atom. The molecule has 0 aliphatic heterocycles. The fourth-order valence-corrected chi connectivity index (χ4v) is 4.52. The van der Waals surface area contributed by atoms with E-state index in [4.69, 9.17) is 14.2 Å². The summed E-state index contributed by atoms with van der Waals surface area (Å²) in [5.74, 6) is 0.208. The van der Waals surface area contributed by atoms with Gasteiger partial charge in [-0.15, -0.1) is 0 Å². The third kappa shape index (κ3) is 7.19. The fourth-order valence-electron chi connectivity index (χ4n) is 3.77. The molecule has 40 heavy (non-hydrogen) atoms. The largest absolute Gasteiger partial charge is 0.455 e. The molecule has 0 radical (unpaired) electrons. The highest BCUT2D eigenvalue weighted by Gasteiger charge is 2.36. The molecular formula is C28H27F3N4O4Si. The number of amides is 1. The molecule has 0 spiro atoms. The van der Waals surface area contributed by atoms with Crippen molar-refractivity contribution < 1.29 is 32.2 Å². The minimum atomic E-state index is -4.69. The van der Waals surface area contributed by atoms with Gasteiger partial charge >= 0.3 is 12.3 Å². The number of nitrogens with one attached hydrogen (secondary N) is 1. The Balaban J connectivity index is 1.58. The van der Waals surface area contributed by atoms with E-state index in [9.17, 15) is 23.2 Å². The molecule has 0 saturated carbocycles. The highest BCUT2D eigenvalue weighted by Crippen LogP contribution is 2.41. The van der Waals surface area contributed by atoms with Crippen molar-refractivity contribution in [3.05, 3.63) is 78.1 Å². The number of carbonyl (C=O) groups is 1. The Hall–Kier alpha value is -4.34. The number of para-hydroxylation sites is 1. The Morgan fingerprint density at radius 2 is 1.85 bits per heavy atom. The number of nitrogens with zero attached hydrogens (tertiary/aromatic N) is 3. The van der Waals surface area contributed by atoms with Crippen LogP contribution < -0.4 is 14.8 Å². The predicted molar refractivity (Wildman–Crippen MR) is 146 cm³/mol. The van der Waals surface area contributed by atoms with Crippen molar-refractivity contribution in [2.75, 3.05) is 11.9 Å². The van der Waals surface area contributed by atoms with Crippen molar-refractivity contribution >= 4 is 30.9 Å². The van der Waals surface area contributed by atoms with Gasteiger partial charge in [0.2, 0.25) is 0 Å². The molecule has 8 nitrogen and oxygen atoms in total. The second kappa shape index (κ2) is 11.8. The molecule has 12 heteroatoms. The summed E-state index contributed by atoms with van der Waals surface area (Å²) in [4.78, 5) is 16.4. The number of benzene rings is 2. The van der Waals surface area contributed by atoms with Crippen molar-refractivity contribution in [2.45, 2.75) is 38.6 Å². The molecule has 2 heterocycles. The van der Waals surface area contributed by atoms with Gasteiger partial charge in [-0.05, 0) is 42.4 Å². The number of pyridine rings is 1. The lowest BCUT2D eigenvalue weighted by atomic mass is 10.1. The molecule has 0 saturated heterocycles. The molecule has 4 aromatic rings. The summed E-state index contributed by atoms with van der Waals surface area (Å²) in [5.41, 5.74) is -0.661. The minimum absolute atomic E-state index is 0.00392. The molecule has 0 atom stereocenters. The number of aromatic nitrogens is 2. The number of carbonyl (C=O) groups excluding carboxylic acids is 1. The molecule has 2 aromatic carbocycles. The second-order valence-corrected chi connectivity index (χ2v) is 15.7. The summed E-state index contributed by atoms with van der Waals surface area (Å²) in [7, 11) is -1.37. The van der Waals surface area contributed by atoms with Gasteiger partial charge in [0.1, 0.15) is 35.7 Å². The molecule has 1 N–H and O–H groups in total. The summed E-state index contributed by atoms with van der Waals surface area (Å²) < 4.78 is 60.1. The van der Waals surface area contributed by atoms with Gasteiger partial charge in [0, 0.05) is 32.8 Å². The number of fused-ring (bicyclic) bond motifs is 1. The molecular weight excluding hydrogens is 541 g/mol. The maximum absolute atomic E-state index is 14.0. The molecule has 0 bridgehead atoms. The maximum atomic E-state index is 14.0. The van der Waals surface area contributed by atoms with E-state index in [1.165, 1.54) is 35.0 Å². The third-order valence-corrected chi connectivity index (χ3v) is 7.48. The van der Waals surface area contributed by atoms with E-state index in [0.29, 0.717) is 12.4 Å². The van der Waals surface area contributed by atoms with Crippen LogP contribution in [0.15, 0.2) is 67.0 Å². The Bertz CT molecular complexity index is 1540. The number of rotatable bonds is 9. The number of alkyl halides is 3. The molecule has 0 fully saturated rings. The van der Waals surface area contributed by atoms with Crippen LogP contribution in [-0.4, -0.2) is 30.3 Å². The van der Waals surface area contributed by atoms with Crippen molar-refractivity contribution in [3.8, 4) is 23.3 Å². The molecule has 0 aliphatic carbocycles. The fraction of sp³-hybridized carbons (Fsp3) is 0.250. The van der Waals surface area contributed by atoms with Crippen LogP contribution in [0, 0.1) is 11.3 Å². The van der Waals surface area contributed by atoms with E-state index in [1.807, 2.05) is 6.07 Å². The molecule has 4 rings (SSSR count). The third-order valence-electron chi connectivity index (χ3n) is 5.77. The minimum Gasteiger partial charge on any atom is -0.455 e. The SMILES string of the molecule is C[Si](C)(C)CCOCn1cc(C(F)(F)F)c2c(Oc3ccc(NC(=O)Oc4ccccc4)cc3C#N)ccnc21. The monoisotopic (exact) mass is 568 g/mol. The van der Waals surface area contributed by atoms with E-state index < -0.39 is 25.9 Å². The van der Waals surface area contributed by atoms with Gasteiger partial charge in [0.05, 0.1) is 16.5 Å². The first-order valence-electron chi connectivity index (χ1n) is 12.3. The molecule has 0 unspecified atom stereocenters. The Kier molecular flexibility index (Phi) is 8.46. The number of anilines is 1. The van der Waals surface area contributed by atoms with Gasteiger partial charge in [-0.3, -0.25) is 5.32 Å². The van der Waals surface area contributed by atoms with Crippen molar-refractivity contribution in [2.24, 2.45) is 0 Å².